The molecule has 2 aromatic rings. The number of esters is 1. The Morgan fingerprint density at radius 1 is 1.41 bits per heavy atom. The van der Waals surface area contributed by atoms with Gasteiger partial charge in [-0.3, -0.25) is 14.7 Å². The zero-order valence-electron chi connectivity index (χ0n) is 17.0. The summed E-state index contributed by atoms with van der Waals surface area (Å²) in [6, 6.07) is 7.34. The summed E-state index contributed by atoms with van der Waals surface area (Å²) in [5.41, 5.74) is 0.280. The first kappa shape index (κ1) is 20.0. The highest BCUT2D eigenvalue weighted by Crippen LogP contribution is 2.46. The Bertz CT molecular complexity index is 921. The van der Waals surface area contributed by atoms with E-state index in [4.69, 9.17) is 9.47 Å². The number of pyridine rings is 1. The first-order valence-corrected chi connectivity index (χ1v) is 10.0. The smallest absolute Gasteiger partial charge is 0.303 e. The van der Waals surface area contributed by atoms with E-state index in [2.05, 4.69) is 9.88 Å². The Hall–Kier alpha value is -2.25. The van der Waals surface area contributed by atoms with E-state index in [1.54, 1.807) is 13.3 Å². The molecule has 6 nitrogen and oxygen atoms in total. The summed E-state index contributed by atoms with van der Waals surface area (Å²) in [7, 11) is 1.60. The summed E-state index contributed by atoms with van der Waals surface area (Å²) < 4.78 is 25.4. The van der Waals surface area contributed by atoms with Gasteiger partial charge in [-0.25, -0.2) is 4.39 Å². The number of carbonyl (C=O) groups excluding carboxylic acids is 1. The number of halogens is 1. The summed E-state index contributed by atoms with van der Waals surface area (Å²) >= 11 is 0. The van der Waals surface area contributed by atoms with Gasteiger partial charge in [0.15, 0.2) is 0 Å². The summed E-state index contributed by atoms with van der Waals surface area (Å²) in [5, 5.41) is 11.7. The Kier molecular flexibility index (Phi) is 5.21. The molecule has 4 heterocycles. The number of ether oxygens (including phenoxy) is 2. The second-order valence-corrected chi connectivity index (χ2v) is 8.18. The van der Waals surface area contributed by atoms with Gasteiger partial charge in [0.25, 0.3) is 0 Å². The number of aromatic nitrogens is 1. The van der Waals surface area contributed by atoms with Crippen LogP contribution in [0.4, 0.5) is 4.39 Å². The summed E-state index contributed by atoms with van der Waals surface area (Å²) in [6.45, 7) is 3.80. The molecule has 1 unspecified atom stereocenters. The summed E-state index contributed by atoms with van der Waals surface area (Å²) in [4.78, 5) is 18.5. The van der Waals surface area contributed by atoms with Crippen molar-refractivity contribution < 1.29 is 23.8 Å². The fourth-order valence-electron chi connectivity index (χ4n) is 4.97. The Balaban J connectivity index is 1.76. The molecule has 0 radical (unpaired) electrons. The molecular formula is C22H27FN2O4. The molecule has 2 bridgehead atoms. The van der Waals surface area contributed by atoms with Crippen LogP contribution in [0.25, 0.3) is 10.9 Å². The standard InChI is InChI=1S/C22H27FN2O4/c1-13(23)22(27)12-25-9-7-15(22)10-20(25)21(29-14(2)26)17-6-8-24-19-5-4-16(28-3)11-18(17)19/h4-6,8,11,13,15,20-21,27H,7,9-10,12H2,1-3H3/t13-,15+,20-,21+,22+/m1/s1. The van der Waals surface area contributed by atoms with Crippen molar-refractivity contribution in [2.24, 2.45) is 5.92 Å². The second kappa shape index (κ2) is 7.54. The van der Waals surface area contributed by atoms with E-state index in [-0.39, 0.29) is 24.5 Å². The molecule has 3 aliphatic rings. The Morgan fingerprint density at radius 3 is 2.83 bits per heavy atom. The fourth-order valence-corrected chi connectivity index (χ4v) is 4.97. The third-order valence-corrected chi connectivity index (χ3v) is 6.54. The lowest BCUT2D eigenvalue weighted by Crippen LogP contribution is -2.67. The van der Waals surface area contributed by atoms with Crippen molar-refractivity contribution in [2.75, 3.05) is 20.2 Å². The molecule has 6 atom stereocenters. The number of hydrogen-bond acceptors (Lipinski definition) is 6. The molecule has 1 aromatic heterocycles. The molecule has 7 heteroatoms. The molecule has 0 saturated carbocycles. The van der Waals surface area contributed by atoms with Crippen molar-refractivity contribution in [1.82, 2.24) is 9.88 Å². The van der Waals surface area contributed by atoms with Crippen LogP contribution in [-0.4, -0.2) is 59.0 Å². The first-order chi connectivity index (χ1) is 13.8. The molecule has 0 amide bonds. The predicted molar refractivity (Wildman–Crippen MR) is 106 cm³/mol. The van der Waals surface area contributed by atoms with E-state index in [1.807, 2.05) is 24.3 Å². The maximum atomic E-state index is 14.2. The third-order valence-electron chi connectivity index (χ3n) is 6.54. The first-order valence-electron chi connectivity index (χ1n) is 10.0. The number of benzene rings is 1. The number of fused-ring (bicyclic) bond motifs is 4. The van der Waals surface area contributed by atoms with Crippen LogP contribution in [0.15, 0.2) is 30.5 Å². The molecule has 1 aromatic carbocycles. The van der Waals surface area contributed by atoms with E-state index < -0.39 is 17.9 Å². The average molecular weight is 402 g/mol. The van der Waals surface area contributed by atoms with Gasteiger partial charge in [-0.05, 0) is 56.5 Å². The Morgan fingerprint density at radius 2 is 2.21 bits per heavy atom. The number of piperidine rings is 3. The molecule has 5 rings (SSSR count). The number of carbonyl (C=O) groups is 1. The minimum Gasteiger partial charge on any atom is -0.497 e. The van der Waals surface area contributed by atoms with Gasteiger partial charge in [0, 0.05) is 30.6 Å². The van der Waals surface area contributed by atoms with E-state index >= 15 is 0 Å². The highest BCUT2D eigenvalue weighted by molar-refractivity contribution is 5.84. The minimum atomic E-state index is -1.35. The van der Waals surface area contributed by atoms with Crippen LogP contribution in [0.2, 0.25) is 0 Å². The van der Waals surface area contributed by atoms with Gasteiger partial charge in [0.2, 0.25) is 0 Å². The molecule has 29 heavy (non-hydrogen) atoms. The van der Waals surface area contributed by atoms with Gasteiger partial charge in [0.05, 0.1) is 18.7 Å². The highest BCUT2D eigenvalue weighted by atomic mass is 19.1. The lowest BCUT2D eigenvalue weighted by molar-refractivity contribution is -0.187. The monoisotopic (exact) mass is 402 g/mol. The number of methoxy groups -OCH3 is 1. The van der Waals surface area contributed by atoms with Gasteiger partial charge in [-0.15, -0.1) is 0 Å². The van der Waals surface area contributed by atoms with Crippen molar-refractivity contribution in [3.05, 3.63) is 36.0 Å². The number of alkyl halides is 1. The molecule has 3 aliphatic heterocycles. The molecule has 0 aliphatic carbocycles. The fraction of sp³-hybridized carbons (Fsp3) is 0.545. The molecular weight excluding hydrogens is 375 g/mol. The van der Waals surface area contributed by atoms with Gasteiger partial charge < -0.3 is 14.6 Å². The Labute approximate surface area is 169 Å². The molecule has 3 saturated heterocycles. The van der Waals surface area contributed by atoms with Crippen LogP contribution in [-0.2, 0) is 9.53 Å². The zero-order valence-corrected chi connectivity index (χ0v) is 17.0. The number of hydrogen-bond donors (Lipinski definition) is 1. The minimum absolute atomic E-state index is 0.131. The van der Waals surface area contributed by atoms with Crippen LogP contribution in [0.5, 0.6) is 5.75 Å². The maximum Gasteiger partial charge on any atom is 0.303 e. The number of rotatable bonds is 5. The van der Waals surface area contributed by atoms with Crippen LogP contribution in [0.3, 0.4) is 0 Å². The third kappa shape index (κ3) is 3.46. The van der Waals surface area contributed by atoms with Crippen molar-refractivity contribution in [3.8, 4) is 5.75 Å². The van der Waals surface area contributed by atoms with Gasteiger partial charge in [0.1, 0.15) is 23.6 Å². The zero-order chi connectivity index (χ0) is 20.8. The molecule has 156 valence electrons. The van der Waals surface area contributed by atoms with Crippen molar-refractivity contribution in [3.63, 3.8) is 0 Å². The van der Waals surface area contributed by atoms with Gasteiger partial charge in [-0.2, -0.15) is 0 Å². The van der Waals surface area contributed by atoms with E-state index in [9.17, 15) is 14.3 Å². The topological polar surface area (TPSA) is 71.9 Å². The normalized spacial score (nSPS) is 30.7. The van der Waals surface area contributed by atoms with Crippen molar-refractivity contribution in [2.45, 2.75) is 50.6 Å². The highest BCUT2D eigenvalue weighted by Gasteiger charge is 2.54. The molecule has 1 N–H and O–H groups in total. The average Bonchev–Trinajstić information content (AvgIpc) is 2.71. The molecule has 0 spiro atoms. The van der Waals surface area contributed by atoms with E-state index in [0.29, 0.717) is 12.2 Å². The van der Waals surface area contributed by atoms with Gasteiger partial charge in [-0.1, -0.05) is 0 Å². The van der Waals surface area contributed by atoms with Crippen LogP contribution in [0.1, 0.15) is 38.4 Å². The van der Waals surface area contributed by atoms with Crippen LogP contribution < -0.4 is 4.74 Å². The summed E-state index contributed by atoms with van der Waals surface area (Å²) in [6.07, 6.45) is 1.16. The number of aliphatic hydroxyl groups is 1. The second-order valence-electron chi connectivity index (χ2n) is 8.18. The van der Waals surface area contributed by atoms with E-state index in [0.717, 1.165) is 29.4 Å². The van der Waals surface area contributed by atoms with E-state index in [1.165, 1.54) is 13.8 Å². The van der Waals surface area contributed by atoms with Crippen molar-refractivity contribution in [1.29, 1.82) is 0 Å². The molecule has 3 fully saturated rings. The van der Waals surface area contributed by atoms with Crippen molar-refractivity contribution >= 4 is 16.9 Å². The predicted octanol–water partition coefficient (Wildman–Crippen LogP) is 3.03. The lowest BCUT2D eigenvalue weighted by Gasteiger charge is -2.56. The SMILES string of the molecule is COc1ccc2nccc([C@H](OC(C)=O)[C@H]3C[C@@H]4CCN3C[C@]4(O)[C@@H](C)F)c2c1. The lowest BCUT2D eigenvalue weighted by atomic mass is 9.69. The quantitative estimate of drug-likeness (QED) is 0.775. The largest absolute Gasteiger partial charge is 0.497 e. The van der Waals surface area contributed by atoms with Gasteiger partial charge >= 0.3 is 5.97 Å². The maximum absolute atomic E-state index is 14.2. The summed E-state index contributed by atoms with van der Waals surface area (Å²) in [5.74, 6) is 0.150. The van der Waals surface area contributed by atoms with Crippen LogP contribution in [0, 0.1) is 5.92 Å². The number of nitrogens with zero attached hydrogens (tertiary/aromatic N) is 2. The van der Waals surface area contributed by atoms with Crippen LogP contribution >= 0.6 is 0 Å².